The summed E-state index contributed by atoms with van der Waals surface area (Å²) in [4.78, 5) is 0. The van der Waals surface area contributed by atoms with E-state index in [2.05, 4.69) is 10.2 Å². The van der Waals surface area contributed by atoms with Crippen molar-refractivity contribution in [2.24, 2.45) is 0 Å². The van der Waals surface area contributed by atoms with Crippen LogP contribution >= 0.6 is 11.6 Å². The highest BCUT2D eigenvalue weighted by Gasteiger charge is 2.11. The number of nitrogen functional groups attached to an aromatic ring is 1. The van der Waals surface area contributed by atoms with E-state index >= 15 is 0 Å². The number of anilines is 1. The third kappa shape index (κ3) is 1.88. The van der Waals surface area contributed by atoms with E-state index in [1.165, 1.54) is 6.92 Å². The van der Waals surface area contributed by atoms with Crippen molar-refractivity contribution in [2.45, 2.75) is 13.1 Å². The van der Waals surface area contributed by atoms with Crippen molar-refractivity contribution >= 4 is 17.4 Å². The van der Waals surface area contributed by atoms with Gasteiger partial charge >= 0.3 is 0 Å². The molecule has 5 heteroatoms. The molecule has 1 aromatic heterocycles. The summed E-state index contributed by atoms with van der Waals surface area (Å²) in [5.41, 5.74) is 7.71. The molecule has 1 unspecified atom stereocenters. The Kier molecular flexibility index (Phi) is 2.83. The minimum atomic E-state index is -1.03. The Hall–Kier alpha value is -1.55. The molecule has 0 aliphatic carbocycles. The lowest BCUT2D eigenvalue weighted by molar-refractivity contribution is 0.374. The van der Waals surface area contributed by atoms with Gasteiger partial charge in [0.1, 0.15) is 12.0 Å². The van der Waals surface area contributed by atoms with Crippen LogP contribution in [0.1, 0.15) is 18.7 Å². The lowest BCUT2D eigenvalue weighted by Gasteiger charge is -2.07. The Labute approximate surface area is 97.4 Å². The first-order valence-electron chi connectivity index (χ1n) is 4.82. The van der Waals surface area contributed by atoms with Gasteiger partial charge in [-0.3, -0.25) is 5.10 Å². The summed E-state index contributed by atoms with van der Waals surface area (Å²) < 4.78 is 13.1. The van der Waals surface area contributed by atoms with Gasteiger partial charge in [-0.15, -0.1) is 0 Å². The van der Waals surface area contributed by atoms with E-state index in [9.17, 15) is 4.39 Å². The first kappa shape index (κ1) is 11.0. The van der Waals surface area contributed by atoms with Crippen LogP contribution in [0.3, 0.4) is 0 Å². The van der Waals surface area contributed by atoms with E-state index < -0.39 is 6.17 Å². The normalized spacial score (nSPS) is 12.7. The first-order chi connectivity index (χ1) is 7.59. The van der Waals surface area contributed by atoms with E-state index in [-0.39, 0.29) is 0 Å². The maximum Gasteiger partial charge on any atom is 0.126 e. The third-order valence-electron chi connectivity index (χ3n) is 2.41. The number of hydrogen-bond donors (Lipinski definition) is 2. The first-order valence-corrected chi connectivity index (χ1v) is 5.20. The average molecular weight is 240 g/mol. The molecule has 0 fully saturated rings. The number of H-pyrrole nitrogens is 1. The van der Waals surface area contributed by atoms with Gasteiger partial charge in [0.15, 0.2) is 0 Å². The zero-order chi connectivity index (χ0) is 11.7. The standard InChI is InChI=1S/C11H11ClFN3/c1-6(13)7-2-3-8(10(12)4-7)9-5-15-16-11(9)14/h2-6H,1H3,(H3,14,15,16). The van der Waals surface area contributed by atoms with Crippen LogP contribution in [-0.2, 0) is 0 Å². The number of hydrogen-bond acceptors (Lipinski definition) is 2. The minimum absolute atomic E-state index is 0.447. The fraction of sp³-hybridized carbons (Fsp3) is 0.182. The molecule has 2 aromatic rings. The molecule has 0 spiro atoms. The molecule has 1 atom stereocenters. The van der Waals surface area contributed by atoms with Gasteiger partial charge in [-0.1, -0.05) is 23.7 Å². The molecule has 3 nitrogen and oxygen atoms in total. The van der Waals surface area contributed by atoms with Crippen LogP contribution in [0.5, 0.6) is 0 Å². The fourth-order valence-electron chi connectivity index (χ4n) is 1.51. The highest BCUT2D eigenvalue weighted by atomic mass is 35.5. The SMILES string of the molecule is CC(F)c1ccc(-c2cn[nH]c2N)c(Cl)c1. The fourth-order valence-corrected chi connectivity index (χ4v) is 1.80. The topological polar surface area (TPSA) is 54.7 Å². The van der Waals surface area contributed by atoms with Crippen LogP contribution < -0.4 is 5.73 Å². The second-order valence-electron chi connectivity index (χ2n) is 3.55. The summed E-state index contributed by atoms with van der Waals surface area (Å²) >= 11 is 6.07. The summed E-state index contributed by atoms with van der Waals surface area (Å²) in [6.45, 7) is 1.47. The van der Waals surface area contributed by atoms with Crippen molar-refractivity contribution in [1.29, 1.82) is 0 Å². The highest BCUT2D eigenvalue weighted by molar-refractivity contribution is 6.33. The molecule has 0 aliphatic rings. The Morgan fingerprint density at radius 1 is 1.44 bits per heavy atom. The number of rotatable bonds is 2. The van der Waals surface area contributed by atoms with Gasteiger partial charge in [-0.25, -0.2) is 4.39 Å². The lowest BCUT2D eigenvalue weighted by atomic mass is 10.0. The van der Waals surface area contributed by atoms with Crippen molar-refractivity contribution in [3.8, 4) is 11.1 Å². The molecule has 1 heterocycles. The summed E-state index contributed by atoms with van der Waals surface area (Å²) in [7, 11) is 0. The van der Waals surface area contributed by atoms with Crippen LogP contribution in [0, 0.1) is 0 Å². The molecule has 0 bridgehead atoms. The number of halogens is 2. The molecule has 0 saturated carbocycles. The number of nitrogens with one attached hydrogen (secondary N) is 1. The molecule has 0 amide bonds. The molecule has 2 rings (SSSR count). The quantitative estimate of drug-likeness (QED) is 0.845. The molecule has 0 aliphatic heterocycles. The number of nitrogens with zero attached hydrogens (tertiary/aromatic N) is 1. The van der Waals surface area contributed by atoms with Crippen molar-refractivity contribution < 1.29 is 4.39 Å². The number of aromatic amines is 1. The van der Waals surface area contributed by atoms with Gasteiger partial charge in [0.25, 0.3) is 0 Å². The van der Waals surface area contributed by atoms with Gasteiger partial charge in [0.05, 0.1) is 6.20 Å². The number of nitrogens with two attached hydrogens (primary N) is 1. The van der Waals surface area contributed by atoms with Gasteiger partial charge in [-0.2, -0.15) is 5.10 Å². The number of aromatic nitrogens is 2. The van der Waals surface area contributed by atoms with Crippen molar-refractivity contribution in [1.82, 2.24) is 10.2 Å². The van der Waals surface area contributed by atoms with Gasteiger partial charge in [0, 0.05) is 16.1 Å². The maximum atomic E-state index is 13.1. The summed E-state index contributed by atoms with van der Waals surface area (Å²) in [5.74, 6) is 0.447. The summed E-state index contributed by atoms with van der Waals surface area (Å²) in [6, 6.07) is 5.04. The molecular weight excluding hydrogens is 229 g/mol. The monoisotopic (exact) mass is 239 g/mol. The van der Waals surface area contributed by atoms with E-state index in [1.54, 1.807) is 24.4 Å². The van der Waals surface area contributed by atoms with Gasteiger partial charge < -0.3 is 5.73 Å². The highest BCUT2D eigenvalue weighted by Crippen LogP contribution is 2.33. The third-order valence-corrected chi connectivity index (χ3v) is 2.72. The molecule has 16 heavy (non-hydrogen) atoms. The van der Waals surface area contributed by atoms with Crippen LogP contribution in [0.25, 0.3) is 11.1 Å². The van der Waals surface area contributed by atoms with E-state index in [0.29, 0.717) is 16.4 Å². The maximum absolute atomic E-state index is 13.1. The zero-order valence-corrected chi connectivity index (χ0v) is 9.42. The Balaban J connectivity index is 2.48. The molecule has 3 N–H and O–H groups in total. The van der Waals surface area contributed by atoms with Crippen LogP contribution in [0.2, 0.25) is 5.02 Å². The van der Waals surface area contributed by atoms with Crippen LogP contribution in [-0.4, -0.2) is 10.2 Å². The number of alkyl halides is 1. The minimum Gasteiger partial charge on any atom is -0.384 e. The van der Waals surface area contributed by atoms with E-state index in [4.69, 9.17) is 17.3 Å². The van der Waals surface area contributed by atoms with Crippen molar-refractivity contribution in [2.75, 3.05) is 5.73 Å². The smallest absolute Gasteiger partial charge is 0.126 e. The predicted molar refractivity (Wildman–Crippen MR) is 63.0 cm³/mol. The Morgan fingerprint density at radius 3 is 2.69 bits per heavy atom. The molecular formula is C11H11ClFN3. The van der Waals surface area contributed by atoms with E-state index in [1.807, 2.05) is 0 Å². The second-order valence-corrected chi connectivity index (χ2v) is 3.96. The molecule has 0 radical (unpaired) electrons. The summed E-state index contributed by atoms with van der Waals surface area (Å²) in [6.07, 6.45) is 0.558. The van der Waals surface area contributed by atoms with Crippen molar-refractivity contribution in [3.63, 3.8) is 0 Å². The zero-order valence-electron chi connectivity index (χ0n) is 8.67. The van der Waals surface area contributed by atoms with E-state index in [0.717, 1.165) is 11.1 Å². The lowest BCUT2D eigenvalue weighted by Crippen LogP contribution is -1.90. The summed E-state index contributed by atoms with van der Waals surface area (Å²) in [5, 5.41) is 6.91. The van der Waals surface area contributed by atoms with Gasteiger partial charge in [-0.05, 0) is 18.6 Å². The number of benzene rings is 1. The largest absolute Gasteiger partial charge is 0.384 e. The van der Waals surface area contributed by atoms with Crippen molar-refractivity contribution in [3.05, 3.63) is 35.0 Å². The Morgan fingerprint density at radius 2 is 2.19 bits per heavy atom. The molecule has 1 aromatic carbocycles. The van der Waals surface area contributed by atoms with Crippen LogP contribution in [0.15, 0.2) is 24.4 Å². The average Bonchev–Trinajstić information content (AvgIpc) is 2.64. The predicted octanol–water partition coefficient (Wildman–Crippen LogP) is 3.34. The molecule has 0 saturated heterocycles. The van der Waals surface area contributed by atoms with Gasteiger partial charge in [0.2, 0.25) is 0 Å². The van der Waals surface area contributed by atoms with Crippen LogP contribution in [0.4, 0.5) is 10.2 Å². The Bertz CT molecular complexity index is 508. The second kappa shape index (κ2) is 4.14. The molecule has 84 valence electrons.